The van der Waals surface area contributed by atoms with E-state index in [4.69, 9.17) is 19.2 Å². The van der Waals surface area contributed by atoms with E-state index in [0.29, 0.717) is 48.6 Å². The largest absolute Gasteiger partial charge is 0.493 e. The van der Waals surface area contributed by atoms with Crippen LogP contribution in [0.2, 0.25) is 0 Å². The lowest BCUT2D eigenvalue weighted by atomic mass is 10.1. The maximum absolute atomic E-state index is 12.8. The number of nitrogens with zero attached hydrogens (tertiary/aromatic N) is 4. The number of rotatable bonds is 4. The Kier molecular flexibility index (Phi) is 4.97. The Balaban J connectivity index is 1.46. The zero-order chi connectivity index (χ0) is 21.4. The number of hydrogen-bond acceptors (Lipinski definition) is 7. The molecular formula is C23H24N4O4. The predicted molar refractivity (Wildman–Crippen MR) is 116 cm³/mol. The number of para-hydroxylation sites is 1. The summed E-state index contributed by atoms with van der Waals surface area (Å²) in [5, 5.41) is 0. The molecule has 2 aromatic heterocycles. The van der Waals surface area contributed by atoms with E-state index in [1.807, 2.05) is 30.3 Å². The first-order chi connectivity index (χ1) is 15.1. The van der Waals surface area contributed by atoms with Crippen molar-refractivity contribution in [2.24, 2.45) is 0 Å². The van der Waals surface area contributed by atoms with Crippen LogP contribution in [-0.2, 0) is 6.54 Å². The van der Waals surface area contributed by atoms with Gasteiger partial charge >= 0.3 is 0 Å². The van der Waals surface area contributed by atoms with Crippen LogP contribution in [0.5, 0.6) is 17.2 Å². The molecule has 2 atom stereocenters. The van der Waals surface area contributed by atoms with E-state index >= 15 is 0 Å². The first-order valence-electron chi connectivity index (χ1n) is 10.4. The lowest BCUT2D eigenvalue weighted by molar-refractivity contribution is 0.0895. The van der Waals surface area contributed by atoms with Crippen molar-refractivity contribution in [3.63, 3.8) is 0 Å². The monoisotopic (exact) mass is 420 g/mol. The third-order valence-electron chi connectivity index (χ3n) is 5.79. The molecule has 31 heavy (non-hydrogen) atoms. The summed E-state index contributed by atoms with van der Waals surface area (Å²) in [6.45, 7) is 3.75. The Morgan fingerprint density at radius 1 is 1.23 bits per heavy atom. The van der Waals surface area contributed by atoms with Crippen molar-refractivity contribution in [1.82, 2.24) is 14.5 Å². The lowest BCUT2D eigenvalue weighted by Gasteiger charge is -2.39. The van der Waals surface area contributed by atoms with Gasteiger partial charge in [-0.3, -0.25) is 14.3 Å². The topological polar surface area (TPSA) is 78.7 Å². The van der Waals surface area contributed by atoms with Gasteiger partial charge in [-0.25, -0.2) is 4.98 Å². The molecule has 4 heterocycles. The summed E-state index contributed by atoms with van der Waals surface area (Å²) in [6.07, 6.45) is 4.07. The second kappa shape index (κ2) is 7.94. The molecule has 3 aromatic rings. The van der Waals surface area contributed by atoms with Gasteiger partial charge in [0, 0.05) is 36.6 Å². The normalized spacial score (nSPS) is 19.6. The smallest absolute Gasteiger partial charge is 0.255 e. The molecule has 0 saturated heterocycles. The molecule has 2 aliphatic heterocycles. The van der Waals surface area contributed by atoms with Crippen LogP contribution >= 0.6 is 0 Å². The first-order valence-corrected chi connectivity index (χ1v) is 10.4. The Morgan fingerprint density at radius 2 is 2.06 bits per heavy atom. The number of hydrogen-bond donors (Lipinski definition) is 0. The summed E-state index contributed by atoms with van der Waals surface area (Å²) >= 11 is 0. The van der Waals surface area contributed by atoms with Crippen LogP contribution < -0.4 is 24.7 Å². The highest BCUT2D eigenvalue weighted by Crippen LogP contribution is 2.40. The molecule has 0 bridgehead atoms. The zero-order valence-electron chi connectivity index (χ0n) is 17.5. The molecule has 0 N–H and O–H groups in total. The van der Waals surface area contributed by atoms with E-state index in [1.54, 1.807) is 30.1 Å². The first kappa shape index (κ1) is 19.4. The molecule has 8 nitrogen and oxygen atoms in total. The van der Waals surface area contributed by atoms with E-state index < -0.39 is 0 Å². The fourth-order valence-electron chi connectivity index (χ4n) is 4.12. The quantitative estimate of drug-likeness (QED) is 0.642. The highest BCUT2D eigenvalue weighted by molar-refractivity contribution is 5.60. The number of benzene rings is 1. The Hall–Kier alpha value is -3.55. The molecule has 0 amide bonds. The summed E-state index contributed by atoms with van der Waals surface area (Å²) in [6, 6.07) is 11.1. The average molecular weight is 420 g/mol. The van der Waals surface area contributed by atoms with E-state index in [9.17, 15) is 4.79 Å². The van der Waals surface area contributed by atoms with Crippen molar-refractivity contribution in [3.8, 4) is 28.5 Å². The van der Waals surface area contributed by atoms with Gasteiger partial charge in [0.15, 0.2) is 17.6 Å². The third-order valence-corrected chi connectivity index (χ3v) is 5.79. The number of aromatic nitrogens is 3. The number of ether oxygens (including phenoxy) is 3. The molecule has 160 valence electrons. The predicted octanol–water partition coefficient (Wildman–Crippen LogP) is 2.75. The highest BCUT2D eigenvalue weighted by Gasteiger charge is 2.31. The second-order valence-electron chi connectivity index (χ2n) is 7.80. The van der Waals surface area contributed by atoms with Crippen molar-refractivity contribution in [1.29, 1.82) is 0 Å². The fraction of sp³-hybridized carbons (Fsp3) is 0.348. The molecule has 0 fully saturated rings. The lowest BCUT2D eigenvalue weighted by Crippen LogP contribution is -2.50. The summed E-state index contributed by atoms with van der Waals surface area (Å²) in [7, 11) is 1.61. The van der Waals surface area contributed by atoms with Gasteiger partial charge in [0.05, 0.1) is 19.3 Å². The second-order valence-corrected chi connectivity index (χ2v) is 7.80. The van der Waals surface area contributed by atoms with E-state index in [-0.39, 0.29) is 17.7 Å². The molecule has 0 spiro atoms. The molecule has 2 unspecified atom stereocenters. The molecule has 5 rings (SSSR count). The summed E-state index contributed by atoms with van der Waals surface area (Å²) < 4.78 is 19.3. The van der Waals surface area contributed by atoms with E-state index in [0.717, 1.165) is 12.0 Å². The average Bonchev–Trinajstić information content (AvgIpc) is 2.80. The van der Waals surface area contributed by atoms with Gasteiger partial charge in [-0.15, -0.1) is 0 Å². The van der Waals surface area contributed by atoms with Crippen LogP contribution in [0.4, 0.5) is 5.95 Å². The fourth-order valence-corrected chi connectivity index (χ4v) is 4.12. The minimum Gasteiger partial charge on any atom is -0.493 e. The summed E-state index contributed by atoms with van der Waals surface area (Å²) in [5.41, 5.74) is 1.46. The van der Waals surface area contributed by atoms with Gasteiger partial charge in [-0.1, -0.05) is 6.07 Å². The van der Waals surface area contributed by atoms with Crippen LogP contribution in [-0.4, -0.2) is 46.9 Å². The number of anilines is 1. The van der Waals surface area contributed by atoms with Gasteiger partial charge in [0.25, 0.3) is 5.56 Å². The van der Waals surface area contributed by atoms with Crippen LogP contribution in [0.25, 0.3) is 11.3 Å². The Morgan fingerprint density at radius 3 is 2.87 bits per heavy atom. The number of pyridine rings is 1. The van der Waals surface area contributed by atoms with Crippen LogP contribution in [0.15, 0.2) is 53.6 Å². The standard InChI is InChI=1S/C23H24N4O4/c1-15-8-11-26-21(28)12-18(16-6-9-24-10-7-16)25-23(26)27(15)13-17-14-30-22-19(29-2)4-3-5-20(22)31-17/h3-7,9-10,12,15,17H,8,11,13-14H2,1-2H3. The minimum atomic E-state index is -0.199. The molecule has 8 heteroatoms. The Bertz CT molecular complexity index is 1150. The van der Waals surface area contributed by atoms with Crippen molar-refractivity contribution in [3.05, 3.63) is 59.1 Å². The van der Waals surface area contributed by atoms with Crippen molar-refractivity contribution >= 4 is 5.95 Å². The minimum absolute atomic E-state index is 0.0513. The molecule has 2 aliphatic rings. The van der Waals surface area contributed by atoms with Crippen LogP contribution in [0.1, 0.15) is 13.3 Å². The van der Waals surface area contributed by atoms with Gasteiger partial charge < -0.3 is 19.1 Å². The summed E-state index contributed by atoms with van der Waals surface area (Å²) in [5.74, 6) is 2.61. The molecule has 1 aromatic carbocycles. The van der Waals surface area contributed by atoms with E-state index in [2.05, 4.69) is 16.8 Å². The van der Waals surface area contributed by atoms with Gasteiger partial charge in [-0.05, 0) is 37.6 Å². The molecular weight excluding hydrogens is 396 g/mol. The Labute approximate surface area is 180 Å². The molecule has 0 saturated carbocycles. The zero-order valence-corrected chi connectivity index (χ0v) is 17.5. The van der Waals surface area contributed by atoms with Gasteiger partial charge in [-0.2, -0.15) is 0 Å². The van der Waals surface area contributed by atoms with Gasteiger partial charge in [0.2, 0.25) is 11.7 Å². The molecule has 0 radical (unpaired) electrons. The summed E-state index contributed by atoms with van der Waals surface area (Å²) in [4.78, 5) is 23.9. The highest BCUT2D eigenvalue weighted by atomic mass is 16.6. The van der Waals surface area contributed by atoms with Crippen LogP contribution in [0, 0.1) is 0 Å². The van der Waals surface area contributed by atoms with E-state index in [1.165, 1.54) is 0 Å². The maximum Gasteiger partial charge on any atom is 0.255 e. The van der Waals surface area contributed by atoms with Crippen molar-refractivity contribution in [2.75, 3.05) is 25.2 Å². The van der Waals surface area contributed by atoms with Crippen molar-refractivity contribution in [2.45, 2.75) is 32.0 Å². The maximum atomic E-state index is 12.8. The SMILES string of the molecule is COc1cccc2c1OCC(CN1c3nc(-c4ccncc4)cc(=O)n3CCC1C)O2. The third kappa shape index (κ3) is 3.58. The van der Waals surface area contributed by atoms with Crippen LogP contribution in [0.3, 0.4) is 0 Å². The molecule has 0 aliphatic carbocycles. The van der Waals surface area contributed by atoms with Crippen molar-refractivity contribution < 1.29 is 14.2 Å². The van der Waals surface area contributed by atoms with Gasteiger partial charge in [0.1, 0.15) is 6.61 Å². The number of methoxy groups -OCH3 is 1. The number of fused-ring (bicyclic) bond motifs is 2.